The SMILES string of the molecule is NC(Cc1c[nH]c2c([N+](=O)[O-])ccc(C3CC3)c12)C(=O)O.NC(Cc1c[nH]c2cccc(C3CC3)c12)C(=O)O.c1cc(C2CC2)c2cc[nH]c2c1. The highest BCUT2D eigenvalue weighted by molar-refractivity contribution is 5.94. The summed E-state index contributed by atoms with van der Waals surface area (Å²) >= 11 is 0. The fourth-order valence-corrected chi connectivity index (χ4v) is 7.07. The van der Waals surface area contributed by atoms with Crippen LogP contribution in [-0.2, 0) is 22.4 Å². The van der Waals surface area contributed by atoms with Crippen molar-refractivity contribution in [2.75, 3.05) is 0 Å². The number of aliphatic carboxylic acids is 2. The standard InChI is InChI=1S/C14H15N3O4.C14H16N2O2.C11H11N/c15-10(14(18)19)5-8-6-16-13-11(17(20)21)4-3-9(12(8)13)7-1-2-7;15-11(14(17)18)6-9-7-16-12-3-1-2-10(13(9)12)8-4-5-8;1-2-9(8-4-5-8)10-6-7-12-11(10)3-1/h3-4,6-7,10,16H,1-2,5,15H2,(H,18,19);1-3,7-8,11,16H,4-6,15H2,(H,17,18);1-3,6-8,12H,4-5H2. The van der Waals surface area contributed by atoms with Crippen molar-refractivity contribution in [1.29, 1.82) is 0 Å². The molecular weight excluding hydrogens is 648 g/mol. The molecule has 0 saturated heterocycles. The molecule has 2 atom stereocenters. The Morgan fingerprint density at radius 2 is 1.24 bits per heavy atom. The summed E-state index contributed by atoms with van der Waals surface area (Å²) < 4.78 is 0. The maximum absolute atomic E-state index is 11.1. The summed E-state index contributed by atoms with van der Waals surface area (Å²) in [6.07, 6.45) is 13.4. The number of carboxylic acid groups (broad SMARTS) is 2. The van der Waals surface area contributed by atoms with Gasteiger partial charge in [-0.05, 0) is 102 Å². The second-order valence-corrected chi connectivity index (χ2v) is 14.0. The fourth-order valence-electron chi connectivity index (χ4n) is 7.07. The number of fused-ring (bicyclic) bond motifs is 3. The second-order valence-electron chi connectivity index (χ2n) is 14.0. The number of nitrogens with one attached hydrogen (secondary N) is 3. The molecule has 264 valence electrons. The lowest BCUT2D eigenvalue weighted by Crippen LogP contribution is -2.32. The monoisotopic (exact) mass is 690 g/mol. The molecule has 12 heteroatoms. The fraction of sp³-hybridized carbons (Fsp3) is 0.333. The van der Waals surface area contributed by atoms with Crippen LogP contribution in [0.3, 0.4) is 0 Å². The van der Waals surface area contributed by atoms with E-state index in [1.165, 1.54) is 59.2 Å². The number of H-pyrrole nitrogens is 3. The minimum absolute atomic E-state index is 0.00421. The molecule has 3 fully saturated rings. The van der Waals surface area contributed by atoms with Gasteiger partial charge in [0, 0.05) is 64.7 Å². The lowest BCUT2D eigenvalue weighted by Gasteiger charge is -2.08. The van der Waals surface area contributed by atoms with E-state index in [-0.39, 0.29) is 12.1 Å². The Hall–Kier alpha value is -5.46. The molecule has 0 amide bonds. The van der Waals surface area contributed by atoms with E-state index >= 15 is 0 Å². The number of hydrogen-bond donors (Lipinski definition) is 7. The third kappa shape index (κ3) is 7.38. The van der Waals surface area contributed by atoms with Gasteiger partial charge in [-0.2, -0.15) is 0 Å². The van der Waals surface area contributed by atoms with Gasteiger partial charge in [0.05, 0.1) is 4.92 Å². The molecule has 3 heterocycles. The average molecular weight is 691 g/mol. The molecule has 0 aliphatic heterocycles. The molecule has 12 nitrogen and oxygen atoms in total. The van der Waals surface area contributed by atoms with Crippen LogP contribution in [0.4, 0.5) is 5.69 Å². The largest absolute Gasteiger partial charge is 0.480 e. The maximum Gasteiger partial charge on any atom is 0.320 e. The molecule has 0 spiro atoms. The van der Waals surface area contributed by atoms with Crippen LogP contribution in [0.15, 0.2) is 73.2 Å². The summed E-state index contributed by atoms with van der Waals surface area (Å²) in [4.78, 5) is 41.8. The van der Waals surface area contributed by atoms with Crippen LogP contribution in [0.2, 0.25) is 0 Å². The highest BCUT2D eigenvalue weighted by Gasteiger charge is 2.30. The summed E-state index contributed by atoms with van der Waals surface area (Å²) in [5, 5.41) is 32.3. The van der Waals surface area contributed by atoms with E-state index in [1.807, 2.05) is 24.5 Å². The number of hydrogen-bond acceptors (Lipinski definition) is 6. The third-order valence-electron chi connectivity index (χ3n) is 10.1. The quantitative estimate of drug-likeness (QED) is 0.0588. The van der Waals surface area contributed by atoms with Crippen molar-refractivity contribution in [2.24, 2.45) is 11.5 Å². The lowest BCUT2D eigenvalue weighted by molar-refractivity contribution is -0.383. The summed E-state index contributed by atoms with van der Waals surface area (Å²) in [7, 11) is 0. The number of nitrogens with zero attached hydrogens (tertiary/aromatic N) is 1. The first kappa shape index (κ1) is 34.0. The molecule has 9 rings (SSSR count). The van der Waals surface area contributed by atoms with Gasteiger partial charge in [0.15, 0.2) is 0 Å². The zero-order valence-corrected chi connectivity index (χ0v) is 28.1. The molecule has 3 aliphatic rings. The summed E-state index contributed by atoms with van der Waals surface area (Å²) in [6, 6.07) is 16.4. The summed E-state index contributed by atoms with van der Waals surface area (Å²) in [5.74, 6) is -0.131. The molecule has 9 N–H and O–H groups in total. The summed E-state index contributed by atoms with van der Waals surface area (Å²) in [6.45, 7) is 0. The number of non-ortho nitro benzene ring substituents is 1. The van der Waals surface area contributed by atoms with Gasteiger partial charge in [-0.1, -0.05) is 30.3 Å². The zero-order valence-electron chi connectivity index (χ0n) is 28.1. The molecule has 0 radical (unpaired) electrons. The number of nitrogens with two attached hydrogens (primary N) is 2. The Labute approximate surface area is 293 Å². The minimum atomic E-state index is -1.08. The van der Waals surface area contributed by atoms with Gasteiger partial charge in [-0.3, -0.25) is 19.7 Å². The topological polar surface area (TPSA) is 217 Å². The van der Waals surface area contributed by atoms with Crippen LogP contribution in [-0.4, -0.2) is 54.1 Å². The first-order valence-electron chi connectivity index (χ1n) is 17.5. The van der Waals surface area contributed by atoms with E-state index in [0.29, 0.717) is 23.8 Å². The second kappa shape index (κ2) is 14.0. The van der Waals surface area contributed by atoms with Gasteiger partial charge in [0.25, 0.3) is 5.69 Å². The normalized spacial score (nSPS) is 16.6. The molecule has 51 heavy (non-hydrogen) atoms. The summed E-state index contributed by atoms with van der Waals surface area (Å²) in [5.41, 5.74) is 19.7. The number of aromatic amines is 3. The van der Waals surface area contributed by atoms with Crippen LogP contribution in [0.1, 0.15) is 84.1 Å². The molecular formula is C39H42N6O6. The molecule has 3 aliphatic carbocycles. The highest BCUT2D eigenvalue weighted by atomic mass is 16.6. The zero-order chi connectivity index (χ0) is 35.8. The van der Waals surface area contributed by atoms with E-state index < -0.39 is 28.9 Å². The number of rotatable bonds is 10. The van der Waals surface area contributed by atoms with Gasteiger partial charge < -0.3 is 36.6 Å². The Bertz CT molecular complexity index is 2240. The minimum Gasteiger partial charge on any atom is -0.480 e. The number of benzene rings is 3. The Morgan fingerprint density at radius 1 is 0.706 bits per heavy atom. The number of nitro benzene ring substituents is 1. The lowest BCUT2D eigenvalue weighted by atomic mass is 9.98. The van der Waals surface area contributed by atoms with Crippen molar-refractivity contribution < 1.29 is 24.7 Å². The van der Waals surface area contributed by atoms with Crippen molar-refractivity contribution in [3.05, 3.63) is 111 Å². The van der Waals surface area contributed by atoms with Crippen molar-refractivity contribution in [1.82, 2.24) is 15.0 Å². The predicted octanol–water partition coefficient (Wildman–Crippen LogP) is 6.95. The highest BCUT2D eigenvalue weighted by Crippen LogP contribution is 2.46. The van der Waals surface area contributed by atoms with Gasteiger partial charge in [-0.15, -0.1) is 0 Å². The Morgan fingerprint density at radius 3 is 1.82 bits per heavy atom. The number of carbonyl (C=O) groups is 2. The van der Waals surface area contributed by atoms with Gasteiger partial charge in [0.1, 0.15) is 17.6 Å². The van der Waals surface area contributed by atoms with Crippen molar-refractivity contribution in [3.63, 3.8) is 0 Å². The number of aromatic nitrogens is 3. The van der Waals surface area contributed by atoms with Crippen LogP contribution in [0.25, 0.3) is 32.7 Å². The van der Waals surface area contributed by atoms with Crippen molar-refractivity contribution >= 4 is 50.3 Å². The van der Waals surface area contributed by atoms with E-state index in [0.717, 1.165) is 46.4 Å². The van der Waals surface area contributed by atoms with Crippen LogP contribution in [0, 0.1) is 10.1 Å². The Kier molecular flexibility index (Phi) is 9.37. The van der Waals surface area contributed by atoms with E-state index in [4.69, 9.17) is 21.7 Å². The van der Waals surface area contributed by atoms with Crippen molar-refractivity contribution in [3.8, 4) is 0 Å². The first-order chi connectivity index (χ1) is 24.6. The molecule has 3 aromatic carbocycles. The van der Waals surface area contributed by atoms with Gasteiger partial charge in [-0.25, -0.2) is 0 Å². The Balaban J connectivity index is 0.000000123. The molecule has 0 bridgehead atoms. The third-order valence-corrected chi connectivity index (χ3v) is 10.1. The molecule has 3 aromatic heterocycles. The first-order valence-corrected chi connectivity index (χ1v) is 17.5. The van der Waals surface area contributed by atoms with Crippen LogP contribution >= 0.6 is 0 Å². The predicted molar refractivity (Wildman–Crippen MR) is 196 cm³/mol. The number of nitro groups is 1. The molecule has 2 unspecified atom stereocenters. The maximum atomic E-state index is 11.1. The van der Waals surface area contributed by atoms with Gasteiger partial charge in [0.2, 0.25) is 0 Å². The van der Waals surface area contributed by atoms with E-state index in [9.17, 15) is 19.7 Å². The van der Waals surface area contributed by atoms with Crippen LogP contribution in [0.5, 0.6) is 0 Å². The van der Waals surface area contributed by atoms with E-state index in [2.05, 4.69) is 45.3 Å². The van der Waals surface area contributed by atoms with E-state index in [1.54, 1.807) is 12.3 Å². The van der Waals surface area contributed by atoms with Gasteiger partial charge >= 0.3 is 11.9 Å². The smallest absolute Gasteiger partial charge is 0.320 e. The number of carboxylic acids is 2. The van der Waals surface area contributed by atoms with Crippen molar-refractivity contribution in [2.45, 2.75) is 81.2 Å². The van der Waals surface area contributed by atoms with Crippen LogP contribution < -0.4 is 11.5 Å². The molecule has 3 saturated carbocycles. The molecule has 6 aromatic rings. The average Bonchev–Trinajstić information content (AvgIpc) is 4.06.